The molecule has 2 nitrogen and oxygen atoms in total. The number of allylic oxidation sites excluding steroid dienone is 1. The summed E-state index contributed by atoms with van der Waals surface area (Å²) >= 11 is 0. The Morgan fingerprint density at radius 3 is 2.50 bits per heavy atom. The van der Waals surface area contributed by atoms with Crippen molar-refractivity contribution in [3.8, 4) is 5.75 Å². The lowest BCUT2D eigenvalue weighted by atomic mass is 10.0. The van der Waals surface area contributed by atoms with E-state index in [1.54, 1.807) is 7.11 Å². The Bertz CT molecular complexity index is 474. The van der Waals surface area contributed by atoms with E-state index in [0.29, 0.717) is 5.41 Å². The van der Waals surface area contributed by atoms with Gasteiger partial charge in [0.2, 0.25) is 0 Å². The molecule has 2 aliphatic rings. The van der Waals surface area contributed by atoms with Crippen LogP contribution in [0.4, 0.5) is 0 Å². The molecule has 2 atom stereocenters. The van der Waals surface area contributed by atoms with E-state index in [0.717, 1.165) is 24.1 Å². The maximum absolute atomic E-state index is 5.18. The molecule has 0 N–H and O–H groups in total. The lowest BCUT2D eigenvalue weighted by Crippen LogP contribution is -2.23. The van der Waals surface area contributed by atoms with Crippen LogP contribution in [0.2, 0.25) is 0 Å². The number of ether oxygens (including phenoxy) is 1. The fourth-order valence-corrected chi connectivity index (χ4v) is 3.42. The van der Waals surface area contributed by atoms with E-state index >= 15 is 0 Å². The van der Waals surface area contributed by atoms with Crippen LogP contribution in [0, 0.1) is 17.3 Å². The van der Waals surface area contributed by atoms with Crippen molar-refractivity contribution in [1.29, 1.82) is 0 Å². The quantitative estimate of drug-likeness (QED) is 0.807. The van der Waals surface area contributed by atoms with Crippen LogP contribution in [-0.4, -0.2) is 18.6 Å². The molecule has 18 heavy (non-hydrogen) atoms. The average Bonchev–Trinajstić information content (AvgIpc) is 2.71. The Morgan fingerprint density at radius 2 is 2.00 bits per heavy atom. The molecule has 1 saturated carbocycles. The standard InChI is InChI=1S/C16H21NO/c1-11-15-14(16(15,2)3)10-17(11)9-12-5-7-13(18-4)8-6-12/h5-8,14-15H,1,9-10H2,2-4H3. The normalized spacial score (nSPS) is 28.2. The van der Waals surface area contributed by atoms with Crippen LogP contribution >= 0.6 is 0 Å². The van der Waals surface area contributed by atoms with Crippen LogP contribution in [0.5, 0.6) is 5.75 Å². The molecule has 1 aromatic rings. The van der Waals surface area contributed by atoms with Crippen molar-refractivity contribution in [2.75, 3.05) is 13.7 Å². The van der Waals surface area contributed by atoms with E-state index in [2.05, 4.69) is 37.5 Å². The van der Waals surface area contributed by atoms with Gasteiger partial charge in [-0.05, 0) is 29.0 Å². The van der Waals surface area contributed by atoms with Crippen LogP contribution in [0.25, 0.3) is 0 Å². The Morgan fingerprint density at radius 1 is 1.33 bits per heavy atom. The molecule has 0 radical (unpaired) electrons. The summed E-state index contributed by atoms with van der Waals surface area (Å²) in [4.78, 5) is 2.43. The number of nitrogens with zero attached hydrogens (tertiary/aromatic N) is 1. The molecule has 1 aliphatic heterocycles. The summed E-state index contributed by atoms with van der Waals surface area (Å²) < 4.78 is 5.18. The van der Waals surface area contributed by atoms with Gasteiger partial charge in [-0.3, -0.25) is 0 Å². The lowest BCUT2D eigenvalue weighted by molar-refractivity contribution is 0.305. The molecule has 2 heteroatoms. The summed E-state index contributed by atoms with van der Waals surface area (Å²) in [6.07, 6.45) is 0. The van der Waals surface area contributed by atoms with Gasteiger partial charge in [-0.2, -0.15) is 0 Å². The third-order valence-electron chi connectivity index (χ3n) is 4.77. The van der Waals surface area contributed by atoms with Gasteiger partial charge in [0, 0.05) is 24.7 Å². The highest BCUT2D eigenvalue weighted by atomic mass is 16.5. The molecule has 0 aromatic heterocycles. The molecule has 1 heterocycles. The van der Waals surface area contributed by atoms with E-state index in [4.69, 9.17) is 4.74 Å². The number of rotatable bonds is 3. The number of piperidine rings is 1. The maximum atomic E-state index is 5.18. The van der Waals surface area contributed by atoms with Gasteiger partial charge < -0.3 is 9.64 Å². The SMILES string of the molecule is C=C1C2C(CN1Cc1ccc(OC)cc1)C2(C)C. The minimum atomic E-state index is 0.494. The van der Waals surface area contributed by atoms with Crippen molar-refractivity contribution < 1.29 is 4.74 Å². The van der Waals surface area contributed by atoms with Gasteiger partial charge in [0.25, 0.3) is 0 Å². The highest BCUT2D eigenvalue weighted by Gasteiger charge is 2.63. The summed E-state index contributed by atoms with van der Waals surface area (Å²) in [5, 5.41) is 0. The predicted octanol–water partition coefficient (Wildman–Crippen LogP) is 3.30. The highest BCUT2D eigenvalue weighted by Crippen LogP contribution is 2.66. The topological polar surface area (TPSA) is 12.5 Å². The molecule has 0 amide bonds. The molecule has 2 fully saturated rings. The number of hydrogen-bond acceptors (Lipinski definition) is 2. The highest BCUT2D eigenvalue weighted by molar-refractivity contribution is 5.30. The van der Waals surface area contributed by atoms with Crippen LogP contribution in [0.3, 0.4) is 0 Å². The van der Waals surface area contributed by atoms with Gasteiger partial charge in [-0.1, -0.05) is 32.6 Å². The fourth-order valence-electron chi connectivity index (χ4n) is 3.42. The number of likely N-dealkylation sites (tertiary alicyclic amines) is 1. The molecule has 1 saturated heterocycles. The smallest absolute Gasteiger partial charge is 0.118 e. The molecule has 96 valence electrons. The summed E-state index contributed by atoms with van der Waals surface area (Å²) in [6.45, 7) is 11.2. The zero-order valence-corrected chi connectivity index (χ0v) is 11.4. The second kappa shape index (κ2) is 3.78. The van der Waals surface area contributed by atoms with Gasteiger partial charge in [0.05, 0.1) is 7.11 Å². The van der Waals surface area contributed by atoms with Crippen molar-refractivity contribution in [3.05, 3.63) is 42.1 Å². The first-order valence-corrected chi connectivity index (χ1v) is 6.60. The molecule has 0 spiro atoms. The van der Waals surface area contributed by atoms with Gasteiger partial charge in [0.15, 0.2) is 0 Å². The molecule has 1 aliphatic carbocycles. The zero-order chi connectivity index (χ0) is 12.9. The van der Waals surface area contributed by atoms with Crippen molar-refractivity contribution in [2.24, 2.45) is 17.3 Å². The van der Waals surface area contributed by atoms with Crippen LogP contribution in [-0.2, 0) is 6.54 Å². The number of benzene rings is 1. The Kier molecular flexibility index (Phi) is 2.44. The third kappa shape index (κ3) is 1.63. The largest absolute Gasteiger partial charge is 0.497 e. The second-order valence-electron chi connectivity index (χ2n) is 6.13. The van der Waals surface area contributed by atoms with Crippen molar-refractivity contribution in [3.63, 3.8) is 0 Å². The van der Waals surface area contributed by atoms with E-state index in [9.17, 15) is 0 Å². The van der Waals surface area contributed by atoms with Crippen molar-refractivity contribution >= 4 is 0 Å². The van der Waals surface area contributed by atoms with Crippen molar-refractivity contribution in [2.45, 2.75) is 20.4 Å². The first-order chi connectivity index (χ1) is 8.54. The van der Waals surface area contributed by atoms with Gasteiger partial charge in [-0.15, -0.1) is 0 Å². The minimum Gasteiger partial charge on any atom is -0.497 e. The monoisotopic (exact) mass is 243 g/mol. The third-order valence-corrected chi connectivity index (χ3v) is 4.77. The summed E-state index contributed by atoms with van der Waals surface area (Å²) in [5.41, 5.74) is 3.16. The van der Waals surface area contributed by atoms with Crippen LogP contribution in [0.15, 0.2) is 36.5 Å². The Labute approximate surface area is 109 Å². The molecule has 0 bridgehead atoms. The van der Waals surface area contributed by atoms with Crippen LogP contribution < -0.4 is 4.74 Å². The number of methoxy groups -OCH3 is 1. The average molecular weight is 243 g/mol. The first-order valence-electron chi connectivity index (χ1n) is 6.60. The zero-order valence-electron chi connectivity index (χ0n) is 11.4. The lowest BCUT2D eigenvalue weighted by Gasteiger charge is -2.26. The Hall–Kier alpha value is -1.44. The molecule has 3 rings (SSSR count). The molecule has 2 unspecified atom stereocenters. The van der Waals surface area contributed by atoms with E-state index in [1.807, 2.05) is 12.1 Å². The summed E-state index contributed by atoms with van der Waals surface area (Å²) in [6, 6.07) is 8.33. The van der Waals surface area contributed by atoms with Crippen LogP contribution in [0.1, 0.15) is 19.4 Å². The summed E-state index contributed by atoms with van der Waals surface area (Å²) in [7, 11) is 1.70. The molecular formula is C16H21NO. The number of fused-ring (bicyclic) bond motifs is 1. The van der Waals surface area contributed by atoms with Gasteiger partial charge >= 0.3 is 0 Å². The second-order valence-corrected chi connectivity index (χ2v) is 6.13. The first kappa shape index (κ1) is 11.6. The maximum Gasteiger partial charge on any atom is 0.118 e. The van der Waals surface area contributed by atoms with E-state index < -0.39 is 0 Å². The minimum absolute atomic E-state index is 0.494. The van der Waals surface area contributed by atoms with E-state index in [-0.39, 0.29) is 0 Å². The van der Waals surface area contributed by atoms with Crippen molar-refractivity contribution in [1.82, 2.24) is 4.90 Å². The fraction of sp³-hybridized carbons (Fsp3) is 0.500. The van der Waals surface area contributed by atoms with E-state index in [1.165, 1.54) is 17.8 Å². The summed E-state index contributed by atoms with van der Waals surface area (Å²) in [5.74, 6) is 2.46. The number of hydrogen-bond donors (Lipinski definition) is 0. The Balaban J connectivity index is 1.66. The molecular weight excluding hydrogens is 222 g/mol. The molecule has 1 aromatic carbocycles. The van der Waals surface area contributed by atoms with Gasteiger partial charge in [0.1, 0.15) is 5.75 Å². The predicted molar refractivity (Wildman–Crippen MR) is 73.3 cm³/mol. The van der Waals surface area contributed by atoms with Gasteiger partial charge in [-0.25, -0.2) is 0 Å².